The first kappa shape index (κ1) is 20.4. The van der Waals surface area contributed by atoms with Crippen LogP contribution in [-0.4, -0.2) is 17.0 Å². The van der Waals surface area contributed by atoms with Gasteiger partial charge in [-0.15, -0.1) is 0 Å². The molecule has 0 unspecified atom stereocenters. The lowest BCUT2D eigenvalue weighted by Crippen LogP contribution is -2.15. The lowest BCUT2D eigenvalue weighted by Gasteiger charge is -2.22. The van der Waals surface area contributed by atoms with Crippen LogP contribution in [0.2, 0.25) is 0 Å². The molecule has 0 radical (unpaired) electrons. The van der Waals surface area contributed by atoms with Crippen LogP contribution in [-0.2, 0) is 0 Å². The van der Waals surface area contributed by atoms with Crippen LogP contribution in [0.3, 0.4) is 0 Å². The minimum Gasteiger partial charge on any atom is -0.478 e. The van der Waals surface area contributed by atoms with Gasteiger partial charge in [0.05, 0.1) is 11.3 Å². The number of rotatable bonds is 5. The average molecular weight is 404 g/mol. The van der Waals surface area contributed by atoms with E-state index < -0.39 is 5.97 Å². The van der Waals surface area contributed by atoms with Crippen LogP contribution in [0.4, 0.5) is 5.69 Å². The van der Waals surface area contributed by atoms with Gasteiger partial charge in [-0.1, -0.05) is 43.5 Å². The van der Waals surface area contributed by atoms with Gasteiger partial charge in [-0.3, -0.25) is 4.79 Å². The second-order valence-electron chi connectivity index (χ2n) is 8.45. The van der Waals surface area contributed by atoms with Gasteiger partial charge in [-0.25, -0.2) is 4.79 Å². The number of aromatic carboxylic acids is 1. The van der Waals surface area contributed by atoms with Crippen molar-refractivity contribution >= 4 is 23.1 Å². The maximum atomic E-state index is 12.7. The van der Waals surface area contributed by atoms with Gasteiger partial charge < -0.3 is 10.4 Å². The van der Waals surface area contributed by atoms with Crippen molar-refractivity contribution in [1.82, 2.24) is 0 Å². The number of benzene rings is 2. The first-order chi connectivity index (χ1) is 14.6. The van der Waals surface area contributed by atoms with Gasteiger partial charge >= 0.3 is 5.97 Å². The van der Waals surface area contributed by atoms with E-state index in [4.69, 9.17) is 0 Å². The predicted octanol–water partition coefficient (Wildman–Crippen LogP) is 6.64. The Morgan fingerprint density at radius 1 is 0.900 bits per heavy atom. The number of nitrogens with one attached hydrogen (secondary N) is 1. The Morgan fingerprint density at radius 2 is 1.67 bits per heavy atom. The Bertz CT molecular complexity index is 953. The van der Waals surface area contributed by atoms with Crippen LogP contribution >= 0.6 is 0 Å². The third kappa shape index (κ3) is 4.64. The van der Waals surface area contributed by atoms with Crippen LogP contribution in [0, 0.1) is 0 Å². The van der Waals surface area contributed by atoms with Crippen molar-refractivity contribution in [2.45, 2.75) is 63.7 Å². The number of anilines is 1. The quantitative estimate of drug-likeness (QED) is 0.588. The van der Waals surface area contributed by atoms with Gasteiger partial charge in [-0.05, 0) is 85.4 Å². The molecule has 2 aliphatic rings. The summed E-state index contributed by atoms with van der Waals surface area (Å²) in [4.78, 5) is 24.6. The Balaban J connectivity index is 1.50. The standard InChI is InChI=1S/C26H29NO3/c28-25(21-13-11-20(12-14-21)18-7-3-1-4-8-18)27-24-16-15-22(17-23(24)26(29)30)19-9-5-2-6-10-19/h9,11-18H,1-8,10H2,(H,27,28)(H,29,30). The summed E-state index contributed by atoms with van der Waals surface area (Å²) in [6.45, 7) is 0. The molecule has 0 bridgehead atoms. The van der Waals surface area contributed by atoms with Gasteiger partial charge in [0.25, 0.3) is 5.91 Å². The number of allylic oxidation sites excluding steroid dienone is 2. The maximum Gasteiger partial charge on any atom is 0.337 e. The second kappa shape index (κ2) is 9.29. The fourth-order valence-corrected chi connectivity index (χ4v) is 4.67. The first-order valence-corrected chi connectivity index (χ1v) is 11.1. The van der Waals surface area contributed by atoms with Gasteiger partial charge in [0.15, 0.2) is 0 Å². The van der Waals surface area contributed by atoms with E-state index in [-0.39, 0.29) is 11.5 Å². The highest BCUT2D eigenvalue weighted by atomic mass is 16.4. The monoisotopic (exact) mass is 403 g/mol. The molecule has 2 N–H and O–H groups in total. The Kier molecular flexibility index (Phi) is 6.32. The Hall–Kier alpha value is -2.88. The fourth-order valence-electron chi connectivity index (χ4n) is 4.67. The molecule has 30 heavy (non-hydrogen) atoms. The van der Waals surface area contributed by atoms with E-state index in [1.165, 1.54) is 49.7 Å². The molecular weight excluding hydrogens is 374 g/mol. The zero-order chi connectivity index (χ0) is 20.9. The lowest BCUT2D eigenvalue weighted by atomic mass is 9.84. The number of carbonyl (C=O) groups excluding carboxylic acids is 1. The van der Waals surface area contributed by atoms with Crippen LogP contribution in [0.1, 0.15) is 95.5 Å². The normalized spacial score (nSPS) is 17.3. The summed E-state index contributed by atoms with van der Waals surface area (Å²) >= 11 is 0. The van der Waals surface area contributed by atoms with Gasteiger partial charge in [0.2, 0.25) is 0 Å². The molecule has 0 aromatic heterocycles. The van der Waals surface area contributed by atoms with Crippen molar-refractivity contribution in [2.75, 3.05) is 5.32 Å². The number of carboxylic acid groups (broad SMARTS) is 1. The van der Waals surface area contributed by atoms with Crippen molar-refractivity contribution in [3.05, 3.63) is 70.8 Å². The third-order valence-electron chi connectivity index (χ3n) is 6.41. The van der Waals surface area contributed by atoms with Crippen molar-refractivity contribution in [3.63, 3.8) is 0 Å². The van der Waals surface area contributed by atoms with Gasteiger partial charge in [0, 0.05) is 5.56 Å². The van der Waals surface area contributed by atoms with Crippen LogP contribution in [0.15, 0.2) is 48.5 Å². The lowest BCUT2D eigenvalue weighted by molar-refractivity contribution is 0.0698. The summed E-state index contributed by atoms with van der Waals surface area (Å²) < 4.78 is 0. The van der Waals surface area contributed by atoms with E-state index >= 15 is 0 Å². The SMILES string of the molecule is O=C(Nc1ccc(C2=CCCCC2)cc1C(=O)O)c1ccc(C2CCCCC2)cc1. The molecule has 4 heteroatoms. The minimum absolute atomic E-state index is 0.131. The molecule has 0 heterocycles. The second-order valence-corrected chi connectivity index (χ2v) is 8.45. The molecule has 1 amide bonds. The Labute approximate surface area is 178 Å². The first-order valence-electron chi connectivity index (χ1n) is 11.1. The molecule has 156 valence electrons. The third-order valence-corrected chi connectivity index (χ3v) is 6.41. The highest BCUT2D eigenvalue weighted by Gasteiger charge is 2.18. The fraction of sp³-hybridized carbons (Fsp3) is 0.385. The molecule has 0 saturated heterocycles. The average Bonchev–Trinajstić information content (AvgIpc) is 2.80. The van der Waals surface area contributed by atoms with Crippen molar-refractivity contribution in [1.29, 1.82) is 0 Å². The molecule has 1 saturated carbocycles. The number of hydrogen-bond donors (Lipinski definition) is 2. The van der Waals surface area contributed by atoms with Crippen LogP contribution in [0.25, 0.3) is 5.57 Å². The summed E-state index contributed by atoms with van der Waals surface area (Å²) in [5, 5.41) is 12.5. The number of hydrogen-bond acceptors (Lipinski definition) is 2. The van der Waals surface area contributed by atoms with Gasteiger partial charge in [-0.2, -0.15) is 0 Å². The Morgan fingerprint density at radius 3 is 2.33 bits per heavy atom. The van der Waals surface area contributed by atoms with E-state index in [9.17, 15) is 14.7 Å². The van der Waals surface area contributed by atoms with Crippen molar-refractivity contribution in [2.24, 2.45) is 0 Å². The summed E-state index contributed by atoms with van der Waals surface area (Å²) in [5.41, 5.74) is 4.43. The largest absolute Gasteiger partial charge is 0.478 e. The molecule has 0 aliphatic heterocycles. The highest BCUT2D eigenvalue weighted by molar-refractivity contribution is 6.08. The van der Waals surface area contributed by atoms with Crippen LogP contribution < -0.4 is 5.32 Å². The minimum atomic E-state index is -1.03. The predicted molar refractivity (Wildman–Crippen MR) is 120 cm³/mol. The number of amides is 1. The van der Waals surface area contributed by atoms with Crippen molar-refractivity contribution in [3.8, 4) is 0 Å². The van der Waals surface area contributed by atoms with E-state index in [0.29, 0.717) is 17.2 Å². The van der Waals surface area contributed by atoms with Crippen molar-refractivity contribution < 1.29 is 14.7 Å². The van der Waals surface area contributed by atoms with E-state index in [0.717, 1.165) is 24.8 Å². The number of carbonyl (C=O) groups is 2. The maximum absolute atomic E-state index is 12.7. The van der Waals surface area contributed by atoms with Crippen LogP contribution in [0.5, 0.6) is 0 Å². The summed E-state index contributed by atoms with van der Waals surface area (Å²) in [7, 11) is 0. The zero-order valence-corrected chi connectivity index (χ0v) is 17.3. The molecule has 1 fully saturated rings. The molecule has 0 atom stereocenters. The number of carboxylic acids is 1. The molecular formula is C26H29NO3. The summed E-state index contributed by atoms with van der Waals surface area (Å²) in [6.07, 6.45) is 12.8. The molecule has 2 aromatic carbocycles. The highest BCUT2D eigenvalue weighted by Crippen LogP contribution is 2.33. The summed E-state index contributed by atoms with van der Waals surface area (Å²) in [6, 6.07) is 13.1. The zero-order valence-electron chi connectivity index (χ0n) is 17.3. The van der Waals surface area contributed by atoms with Gasteiger partial charge in [0.1, 0.15) is 0 Å². The molecule has 2 aliphatic carbocycles. The smallest absolute Gasteiger partial charge is 0.337 e. The molecule has 4 rings (SSSR count). The van der Waals surface area contributed by atoms with E-state index in [2.05, 4.69) is 11.4 Å². The molecule has 0 spiro atoms. The molecule has 4 nitrogen and oxygen atoms in total. The topological polar surface area (TPSA) is 66.4 Å². The summed E-state index contributed by atoms with van der Waals surface area (Å²) in [5.74, 6) is -0.718. The van der Waals surface area contributed by atoms with E-state index in [1.807, 2.05) is 30.3 Å². The van der Waals surface area contributed by atoms with E-state index in [1.54, 1.807) is 12.1 Å². The molecule has 2 aromatic rings.